The molecule has 2 aromatic rings. The predicted octanol–water partition coefficient (Wildman–Crippen LogP) is 3.89. The van der Waals surface area contributed by atoms with Gasteiger partial charge in [-0.3, -0.25) is 0 Å². The Kier molecular flexibility index (Phi) is 4.70. The molecule has 1 atom stereocenters. The number of hydrogen-bond donors (Lipinski definition) is 1. The average molecular weight is 311 g/mol. The van der Waals surface area contributed by atoms with Gasteiger partial charge < -0.3 is 14.6 Å². The van der Waals surface area contributed by atoms with Gasteiger partial charge in [0.2, 0.25) is 0 Å². The summed E-state index contributed by atoms with van der Waals surface area (Å²) in [4.78, 5) is 0. The van der Waals surface area contributed by atoms with Crippen LogP contribution in [-0.2, 0) is 0 Å². The molecule has 0 aliphatic carbocycles. The smallest absolute Gasteiger partial charge is 0.147 e. The first-order valence-corrected chi connectivity index (χ1v) is 6.71. The van der Waals surface area contributed by atoms with Gasteiger partial charge in [0, 0.05) is 5.56 Å². The van der Waals surface area contributed by atoms with Crippen molar-refractivity contribution in [1.82, 2.24) is 0 Å². The highest BCUT2D eigenvalue weighted by atomic mass is 35.5. The number of halogens is 2. The lowest BCUT2D eigenvalue weighted by atomic mass is 9.99. The predicted molar refractivity (Wildman–Crippen MR) is 79.8 cm³/mol. The van der Waals surface area contributed by atoms with Gasteiger partial charge >= 0.3 is 0 Å². The molecule has 0 aromatic heterocycles. The van der Waals surface area contributed by atoms with Gasteiger partial charge in [-0.25, -0.2) is 4.39 Å². The monoisotopic (exact) mass is 310 g/mol. The molecule has 0 spiro atoms. The van der Waals surface area contributed by atoms with Crippen LogP contribution in [0.15, 0.2) is 30.3 Å². The van der Waals surface area contributed by atoms with Crippen molar-refractivity contribution < 1.29 is 19.0 Å². The number of ether oxygens (including phenoxy) is 2. The molecule has 0 radical (unpaired) electrons. The minimum Gasteiger partial charge on any atom is -0.495 e. The van der Waals surface area contributed by atoms with Crippen molar-refractivity contribution in [2.75, 3.05) is 14.2 Å². The lowest BCUT2D eigenvalue weighted by Crippen LogP contribution is -2.04. The number of hydrogen-bond acceptors (Lipinski definition) is 3. The third-order valence-electron chi connectivity index (χ3n) is 3.31. The van der Waals surface area contributed by atoms with Crippen LogP contribution in [0, 0.1) is 12.7 Å². The van der Waals surface area contributed by atoms with Crippen LogP contribution in [0.1, 0.15) is 22.8 Å². The summed E-state index contributed by atoms with van der Waals surface area (Å²) in [5.41, 5.74) is 1.52. The molecule has 0 saturated carbocycles. The van der Waals surface area contributed by atoms with E-state index >= 15 is 0 Å². The van der Waals surface area contributed by atoms with Gasteiger partial charge in [-0.1, -0.05) is 23.7 Å². The van der Waals surface area contributed by atoms with Gasteiger partial charge in [-0.05, 0) is 36.2 Å². The molecule has 1 unspecified atom stereocenters. The van der Waals surface area contributed by atoms with Crippen LogP contribution >= 0.6 is 11.6 Å². The van der Waals surface area contributed by atoms with Gasteiger partial charge in [0.15, 0.2) is 0 Å². The quantitative estimate of drug-likeness (QED) is 0.931. The van der Waals surface area contributed by atoms with Crippen LogP contribution in [0.4, 0.5) is 4.39 Å². The maximum atomic E-state index is 13.3. The molecule has 3 nitrogen and oxygen atoms in total. The van der Waals surface area contributed by atoms with Crippen LogP contribution in [0.25, 0.3) is 0 Å². The molecule has 0 amide bonds. The Morgan fingerprint density at radius 2 is 1.86 bits per heavy atom. The van der Waals surface area contributed by atoms with Crippen molar-refractivity contribution in [2.45, 2.75) is 13.0 Å². The summed E-state index contributed by atoms with van der Waals surface area (Å²) in [5, 5.41) is 10.8. The van der Waals surface area contributed by atoms with Crippen molar-refractivity contribution >= 4 is 11.6 Å². The van der Waals surface area contributed by atoms with E-state index in [1.54, 1.807) is 25.1 Å². The standard InChI is InChI=1S/C16H16ClFO3/c1-9-8-10(4-6-12(9)18)15(19)11-5-7-13(20-2)14(17)16(11)21-3/h4-8,15,19H,1-3H3. The van der Waals surface area contributed by atoms with Crippen LogP contribution in [0.5, 0.6) is 11.5 Å². The van der Waals surface area contributed by atoms with Gasteiger partial charge in [-0.15, -0.1) is 0 Å². The van der Waals surface area contributed by atoms with Crippen LogP contribution in [-0.4, -0.2) is 19.3 Å². The lowest BCUT2D eigenvalue weighted by Gasteiger charge is -2.18. The highest BCUT2D eigenvalue weighted by molar-refractivity contribution is 6.33. The van der Waals surface area contributed by atoms with Crippen molar-refractivity contribution in [3.8, 4) is 11.5 Å². The van der Waals surface area contributed by atoms with Gasteiger partial charge in [-0.2, -0.15) is 0 Å². The highest BCUT2D eigenvalue weighted by Crippen LogP contribution is 2.41. The van der Waals surface area contributed by atoms with E-state index < -0.39 is 6.10 Å². The second kappa shape index (κ2) is 6.33. The van der Waals surface area contributed by atoms with Gasteiger partial charge in [0.05, 0.1) is 14.2 Å². The first kappa shape index (κ1) is 15.6. The van der Waals surface area contributed by atoms with Crippen molar-refractivity contribution in [3.63, 3.8) is 0 Å². The normalized spacial score (nSPS) is 12.1. The van der Waals surface area contributed by atoms with Crippen LogP contribution in [0.3, 0.4) is 0 Å². The number of aryl methyl sites for hydroxylation is 1. The molecular formula is C16H16ClFO3. The van der Waals surface area contributed by atoms with E-state index in [0.29, 0.717) is 28.2 Å². The summed E-state index contributed by atoms with van der Waals surface area (Å²) in [6, 6.07) is 7.78. The second-order valence-electron chi connectivity index (χ2n) is 4.62. The van der Waals surface area contributed by atoms with Crippen molar-refractivity contribution in [2.24, 2.45) is 0 Å². The summed E-state index contributed by atoms with van der Waals surface area (Å²) in [6.07, 6.45) is -0.970. The van der Waals surface area contributed by atoms with E-state index in [9.17, 15) is 9.50 Å². The molecule has 0 heterocycles. The SMILES string of the molecule is COc1ccc(C(O)c2ccc(F)c(C)c2)c(OC)c1Cl. The topological polar surface area (TPSA) is 38.7 Å². The summed E-state index contributed by atoms with van der Waals surface area (Å²) in [5.74, 6) is 0.482. The Labute approximate surface area is 127 Å². The average Bonchev–Trinajstić information content (AvgIpc) is 2.49. The third-order valence-corrected chi connectivity index (χ3v) is 3.67. The Bertz CT molecular complexity index is 658. The second-order valence-corrected chi connectivity index (χ2v) is 4.99. The number of benzene rings is 2. The third kappa shape index (κ3) is 2.96. The maximum absolute atomic E-state index is 13.3. The zero-order valence-electron chi connectivity index (χ0n) is 12.0. The number of methoxy groups -OCH3 is 2. The molecule has 0 fully saturated rings. The molecular weight excluding hydrogens is 295 g/mol. The molecule has 5 heteroatoms. The highest BCUT2D eigenvalue weighted by Gasteiger charge is 2.20. The van der Waals surface area contributed by atoms with E-state index in [0.717, 1.165) is 0 Å². The number of aliphatic hydroxyl groups excluding tert-OH is 1. The molecule has 0 saturated heterocycles. The molecule has 0 bridgehead atoms. The fourth-order valence-corrected chi connectivity index (χ4v) is 2.48. The summed E-state index contributed by atoms with van der Waals surface area (Å²) in [7, 11) is 2.97. The van der Waals surface area contributed by atoms with Crippen LogP contribution < -0.4 is 9.47 Å². The van der Waals surface area contributed by atoms with Crippen molar-refractivity contribution in [1.29, 1.82) is 0 Å². The van der Waals surface area contributed by atoms with E-state index in [1.807, 2.05) is 0 Å². The number of aliphatic hydroxyl groups is 1. The van der Waals surface area contributed by atoms with Gasteiger partial charge in [0.1, 0.15) is 28.4 Å². The zero-order chi connectivity index (χ0) is 15.6. The summed E-state index contributed by atoms with van der Waals surface area (Å²) >= 11 is 6.18. The number of rotatable bonds is 4. The minimum atomic E-state index is -0.970. The Morgan fingerprint density at radius 1 is 1.14 bits per heavy atom. The van der Waals surface area contributed by atoms with E-state index in [1.165, 1.54) is 26.4 Å². The molecule has 112 valence electrons. The Hall–Kier alpha value is -1.78. The molecule has 0 aliphatic heterocycles. The minimum absolute atomic E-state index is 0.287. The molecule has 0 aliphatic rings. The first-order chi connectivity index (χ1) is 9.99. The van der Waals surface area contributed by atoms with Crippen molar-refractivity contribution in [3.05, 3.63) is 57.9 Å². The fourth-order valence-electron chi connectivity index (χ4n) is 2.15. The molecule has 21 heavy (non-hydrogen) atoms. The van der Waals surface area contributed by atoms with E-state index in [-0.39, 0.29) is 10.8 Å². The zero-order valence-corrected chi connectivity index (χ0v) is 12.7. The fraction of sp³-hybridized carbons (Fsp3) is 0.250. The largest absolute Gasteiger partial charge is 0.495 e. The Balaban J connectivity index is 2.50. The van der Waals surface area contributed by atoms with E-state index in [4.69, 9.17) is 21.1 Å². The Morgan fingerprint density at radius 3 is 2.43 bits per heavy atom. The molecule has 2 aromatic carbocycles. The van der Waals surface area contributed by atoms with Gasteiger partial charge in [0.25, 0.3) is 0 Å². The first-order valence-electron chi connectivity index (χ1n) is 6.34. The molecule has 1 N–H and O–H groups in total. The van der Waals surface area contributed by atoms with E-state index in [2.05, 4.69) is 0 Å². The lowest BCUT2D eigenvalue weighted by molar-refractivity contribution is 0.214. The molecule has 2 rings (SSSR count). The summed E-state index contributed by atoms with van der Waals surface area (Å²) < 4.78 is 23.7. The van der Waals surface area contributed by atoms with Crippen LogP contribution in [0.2, 0.25) is 5.02 Å². The maximum Gasteiger partial charge on any atom is 0.147 e. The summed E-state index contributed by atoms with van der Waals surface area (Å²) in [6.45, 7) is 1.64.